The van der Waals surface area contributed by atoms with Crippen LogP contribution in [0.1, 0.15) is 43.9 Å². The average Bonchev–Trinajstić information content (AvgIpc) is 3.32. The first-order valence-electron chi connectivity index (χ1n) is 11.2. The molecule has 33 heavy (non-hydrogen) atoms. The van der Waals surface area contributed by atoms with Crippen molar-refractivity contribution in [3.05, 3.63) is 48.0 Å². The molecule has 0 unspecified atom stereocenters. The molecule has 4 rings (SSSR count). The maximum absolute atomic E-state index is 12.6. The highest BCUT2D eigenvalue weighted by Gasteiger charge is 2.53. The van der Waals surface area contributed by atoms with E-state index in [2.05, 4.69) is 25.4 Å². The van der Waals surface area contributed by atoms with Gasteiger partial charge in [0.1, 0.15) is 6.10 Å². The molecule has 4 N–H and O–H groups in total. The summed E-state index contributed by atoms with van der Waals surface area (Å²) in [6.07, 6.45) is 7.63. The highest BCUT2D eigenvalue weighted by atomic mass is 16.5. The number of aromatic amines is 1. The zero-order valence-corrected chi connectivity index (χ0v) is 18.9. The van der Waals surface area contributed by atoms with Crippen LogP contribution in [0.3, 0.4) is 0 Å². The molecule has 0 aromatic carbocycles. The summed E-state index contributed by atoms with van der Waals surface area (Å²) in [4.78, 5) is 27.3. The van der Waals surface area contributed by atoms with Crippen LogP contribution in [0.15, 0.2) is 36.8 Å². The van der Waals surface area contributed by atoms with Crippen LogP contribution in [-0.2, 0) is 27.3 Å². The van der Waals surface area contributed by atoms with Gasteiger partial charge < -0.3 is 20.3 Å². The molecule has 10 nitrogen and oxygen atoms in total. The van der Waals surface area contributed by atoms with E-state index in [9.17, 15) is 9.90 Å². The van der Waals surface area contributed by atoms with E-state index < -0.39 is 17.2 Å². The molecular formula is C23H33N5O5. The summed E-state index contributed by atoms with van der Waals surface area (Å²) in [7, 11) is 0. The van der Waals surface area contributed by atoms with Crippen LogP contribution in [0.5, 0.6) is 0 Å². The Morgan fingerprint density at radius 2 is 1.97 bits per heavy atom. The Kier molecular flexibility index (Phi) is 8.54. The topological polar surface area (TPSA) is 141 Å². The first-order chi connectivity index (χ1) is 15.9. The summed E-state index contributed by atoms with van der Waals surface area (Å²) in [5, 5.41) is 28.3. The second-order valence-corrected chi connectivity index (χ2v) is 8.85. The number of likely N-dealkylation sites (tertiary alicyclic amines) is 1. The molecule has 0 bridgehead atoms. The van der Waals surface area contributed by atoms with Gasteiger partial charge in [0.05, 0.1) is 11.1 Å². The maximum atomic E-state index is 12.6. The summed E-state index contributed by atoms with van der Waals surface area (Å²) < 4.78 is 6.15. The van der Waals surface area contributed by atoms with E-state index in [1.807, 2.05) is 25.1 Å². The van der Waals surface area contributed by atoms with Crippen molar-refractivity contribution in [3.8, 4) is 0 Å². The molecule has 0 radical (unpaired) electrons. The van der Waals surface area contributed by atoms with Crippen LogP contribution in [0.25, 0.3) is 0 Å². The summed E-state index contributed by atoms with van der Waals surface area (Å²) in [6.45, 7) is 4.72. The van der Waals surface area contributed by atoms with Crippen molar-refractivity contribution in [2.24, 2.45) is 0 Å². The molecule has 1 amide bonds. The van der Waals surface area contributed by atoms with E-state index in [0.29, 0.717) is 25.9 Å². The number of carbonyl (C=O) groups is 2. The van der Waals surface area contributed by atoms with Gasteiger partial charge in [-0.3, -0.25) is 24.6 Å². The quantitative estimate of drug-likeness (QED) is 0.471. The fourth-order valence-electron chi connectivity index (χ4n) is 4.70. The van der Waals surface area contributed by atoms with Crippen molar-refractivity contribution >= 4 is 12.4 Å². The zero-order valence-electron chi connectivity index (χ0n) is 18.9. The van der Waals surface area contributed by atoms with Gasteiger partial charge in [-0.05, 0) is 56.4 Å². The lowest BCUT2D eigenvalue weighted by molar-refractivity contribution is -0.208. The normalized spacial score (nSPS) is 24.5. The Bertz CT molecular complexity index is 871. The predicted octanol–water partition coefficient (Wildman–Crippen LogP) is 1.13. The van der Waals surface area contributed by atoms with Gasteiger partial charge in [0.2, 0.25) is 5.91 Å². The highest BCUT2D eigenvalue weighted by molar-refractivity contribution is 5.77. The molecule has 2 fully saturated rings. The number of aliphatic hydroxyl groups excluding tert-OH is 1. The molecule has 2 aliphatic rings. The molecule has 0 saturated carbocycles. The SMILES string of the molecule is C[C@@]1(NC(=O)CCc2ccncc2)CCOC2(CCN(Cc3ccn[nH]3)CC2)[C@H]1O.O=CO. The number of hydrogen-bond acceptors (Lipinski definition) is 7. The Balaban J connectivity index is 0.000000968. The van der Waals surface area contributed by atoms with Gasteiger partial charge in [0.15, 0.2) is 0 Å². The van der Waals surface area contributed by atoms with Gasteiger partial charge in [-0.1, -0.05) is 0 Å². The van der Waals surface area contributed by atoms with Gasteiger partial charge in [-0.25, -0.2) is 0 Å². The number of amides is 1. The minimum Gasteiger partial charge on any atom is -0.483 e. The van der Waals surface area contributed by atoms with E-state index in [1.165, 1.54) is 0 Å². The summed E-state index contributed by atoms with van der Waals surface area (Å²) in [5.74, 6) is -0.0397. The zero-order chi connectivity index (χ0) is 23.7. The largest absolute Gasteiger partial charge is 0.483 e. The minimum absolute atomic E-state index is 0.0397. The van der Waals surface area contributed by atoms with Crippen LogP contribution in [0.4, 0.5) is 0 Å². The second kappa shape index (κ2) is 11.4. The van der Waals surface area contributed by atoms with Crippen molar-refractivity contribution in [1.82, 2.24) is 25.4 Å². The number of rotatable bonds is 6. The summed E-state index contributed by atoms with van der Waals surface area (Å²) >= 11 is 0. The Morgan fingerprint density at radius 3 is 2.61 bits per heavy atom. The molecule has 4 heterocycles. The standard InChI is InChI=1S/C22H31N5O3.CH2O2/c1-21(25-19(28)3-2-17-4-10-23-11-5-17)9-15-30-22(20(21)29)7-13-27(14-8-22)16-18-6-12-24-26-18;2-1-3/h4-6,10-12,20,29H,2-3,7-9,13-16H2,1H3,(H,24,26)(H,25,28);1H,(H,2,3)/t20-,21+;/m0./s1. The number of hydrogen-bond donors (Lipinski definition) is 4. The number of H-pyrrole nitrogens is 1. The third-order valence-corrected chi connectivity index (χ3v) is 6.58. The van der Waals surface area contributed by atoms with Gasteiger partial charge >= 0.3 is 0 Å². The lowest BCUT2D eigenvalue weighted by atomic mass is 9.73. The molecule has 2 atom stereocenters. The Morgan fingerprint density at radius 1 is 1.27 bits per heavy atom. The number of nitrogens with zero attached hydrogens (tertiary/aromatic N) is 3. The van der Waals surface area contributed by atoms with Gasteiger partial charge in [0.25, 0.3) is 6.47 Å². The third-order valence-electron chi connectivity index (χ3n) is 6.58. The van der Waals surface area contributed by atoms with Crippen molar-refractivity contribution in [3.63, 3.8) is 0 Å². The first kappa shape index (κ1) is 24.8. The minimum atomic E-state index is -0.738. The van der Waals surface area contributed by atoms with Gasteiger partial charge in [0, 0.05) is 56.9 Å². The van der Waals surface area contributed by atoms with Crippen LogP contribution in [0.2, 0.25) is 0 Å². The number of ether oxygens (including phenoxy) is 1. The van der Waals surface area contributed by atoms with E-state index in [0.717, 1.165) is 43.7 Å². The van der Waals surface area contributed by atoms with Gasteiger partial charge in [-0.2, -0.15) is 5.10 Å². The number of piperidine rings is 1. The van der Waals surface area contributed by atoms with Crippen LogP contribution in [-0.4, -0.2) is 79.6 Å². The molecule has 1 spiro atoms. The summed E-state index contributed by atoms with van der Waals surface area (Å²) in [5.41, 5.74) is 0.885. The van der Waals surface area contributed by atoms with Crippen molar-refractivity contribution in [2.75, 3.05) is 19.7 Å². The van der Waals surface area contributed by atoms with Crippen molar-refractivity contribution in [1.29, 1.82) is 0 Å². The first-order valence-corrected chi connectivity index (χ1v) is 11.2. The number of aryl methyl sites for hydroxylation is 1. The number of aromatic nitrogens is 3. The van der Waals surface area contributed by atoms with E-state index in [-0.39, 0.29) is 12.4 Å². The fraction of sp³-hybridized carbons (Fsp3) is 0.565. The van der Waals surface area contributed by atoms with E-state index in [1.54, 1.807) is 18.6 Å². The molecule has 0 aliphatic carbocycles. The van der Waals surface area contributed by atoms with Crippen LogP contribution < -0.4 is 5.32 Å². The van der Waals surface area contributed by atoms with Crippen molar-refractivity contribution in [2.45, 2.75) is 62.8 Å². The monoisotopic (exact) mass is 459 g/mol. The predicted molar refractivity (Wildman–Crippen MR) is 120 cm³/mol. The van der Waals surface area contributed by atoms with Crippen molar-refractivity contribution < 1.29 is 24.5 Å². The summed E-state index contributed by atoms with van der Waals surface area (Å²) in [6, 6.07) is 5.82. The Labute approximate surface area is 193 Å². The lowest BCUT2D eigenvalue weighted by Crippen LogP contribution is -2.69. The molecule has 2 saturated heterocycles. The fourth-order valence-corrected chi connectivity index (χ4v) is 4.70. The van der Waals surface area contributed by atoms with Crippen LogP contribution in [0, 0.1) is 0 Å². The molecule has 180 valence electrons. The molecular weight excluding hydrogens is 426 g/mol. The van der Waals surface area contributed by atoms with Gasteiger partial charge in [-0.15, -0.1) is 0 Å². The molecule has 2 aromatic rings. The number of carbonyl (C=O) groups excluding carboxylic acids is 1. The maximum Gasteiger partial charge on any atom is 0.290 e. The second-order valence-electron chi connectivity index (χ2n) is 8.85. The number of nitrogens with one attached hydrogen (secondary N) is 2. The smallest absolute Gasteiger partial charge is 0.290 e. The number of aliphatic hydroxyl groups is 1. The van der Waals surface area contributed by atoms with E-state index >= 15 is 0 Å². The number of carboxylic acid groups (broad SMARTS) is 1. The molecule has 2 aromatic heterocycles. The van der Waals surface area contributed by atoms with E-state index in [4.69, 9.17) is 14.6 Å². The average molecular weight is 460 g/mol. The third kappa shape index (κ3) is 6.37. The molecule has 2 aliphatic heterocycles. The number of pyridine rings is 1. The highest BCUT2D eigenvalue weighted by Crippen LogP contribution is 2.40. The lowest BCUT2D eigenvalue weighted by Gasteiger charge is -2.53. The Hall–Kier alpha value is -2.82. The molecule has 10 heteroatoms. The van der Waals surface area contributed by atoms with Crippen LogP contribution >= 0.6 is 0 Å².